The fourth-order valence-corrected chi connectivity index (χ4v) is 2.77. The lowest BCUT2D eigenvalue weighted by Crippen LogP contribution is -2.55. The molecule has 2 aliphatic carbocycles. The zero-order chi connectivity index (χ0) is 13.3. The van der Waals surface area contributed by atoms with Gasteiger partial charge in [0.1, 0.15) is 5.54 Å². The first-order chi connectivity index (χ1) is 8.42. The molecule has 2 saturated carbocycles. The molecule has 2 atom stereocenters. The standard InChI is InChI=1S/C14H26N2O2/c1-10(16(3)12-5-4-6-12)9-14(2,13(17)18)15-11-7-8-11/h10-12,15H,4-9H2,1-3H3,(H,17,18). The summed E-state index contributed by atoms with van der Waals surface area (Å²) in [4.78, 5) is 13.9. The minimum absolute atomic E-state index is 0.308. The van der Waals surface area contributed by atoms with Crippen LogP contribution in [0, 0.1) is 0 Å². The van der Waals surface area contributed by atoms with Crippen LogP contribution in [0.2, 0.25) is 0 Å². The molecule has 2 rings (SSSR count). The van der Waals surface area contributed by atoms with Crippen LogP contribution in [0.4, 0.5) is 0 Å². The van der Waals surface area contributed by atoms with Crippen molar-refractivity contribution in [2.75, 3.05) is 7.05 Å². The maximum atomic E-state index is 11.5. The van der Waals surface area contributed by atoms with E-state index in [1.54, 1.807) is 0 Å². The topological polar surface area (TPSA) is 52.6 Å². The first-order valence-corrected chi connectivity index (χ1v) is 7.15. The molecule has 2 fully saturated rings. The Bertz CT molecular complexity index is 313. The minimum Gasteiger partial charge on any atom is -0.480 e. The molecule has 4 nitrogen and oxygen atoms in total. The lowest BCUT2D eigenvalue weighted by molar-refractivity contribution is -0.145. The lowest BCUT2D eigenvalue weighted by Gasteiger charge is -2.41. The zero-order valence-corrected chi connectivity index (χ0v) is 11.8. The van der Waals surface area contributed by atoms with Crippen molar-refractivity contribution in [2.24, 2.45) is 0 Å². The first kappa shape index (κ1) is 13.8. The number of hydrogen-bond acceptors (Lipinski definition) is 3. The molecule has 0 spiro atoms. The summed E-state index contributed by atoms with van der Waals surface area (Å²) in [7, 11) is 2.13. The van der Waals surface area contributed by atoms with Gasteiger partial charge in [-0.05, 0) is 53.0 Å². The molecular formula is C14H26N2O2. The van der Waals surface area contributed by atoms with Gasteiger partial charge in [-0.2, -0.15) is 0 Å². The molecular weight excluding hydrogens is 228 g/mol. The number of nitrogens with one attached hydrogen (secondary N) is 1. The molecule has 2 N–H and O–H groups in total. The Balaban J connectivity index is 1.91. The Morgan fingerprint density at radius 2 is 2.06 bits per heavy atom. The van der Waals surface area contributed by atoms with Crippen molar-refractivity contribution in [3.8, 4) is 0 Å². The number of hydrogen-bond donors (Lipinski definition) is 2. The van der Waals surface area contributed by atoms with E-state index >= 15 is 0 Å². The molecule has 0 radical (unpaired) electrons. The summed E-state index contributed by atoms with van der Waals surface area (Å²) in [5.41, 5.74) is -0.779. The maximum absolute atomic E-state index is 11.5. The van der Waals surface area contributed by atoms with Crippen LogP contribution in [0.15, 0.2) is 0 Å². The molecule has 104 valence electrons. The molecule has 0 aromatic heterocycles. The molecule has 0 saturated heterocycles. The van der Waals surface area contributed by atoms with Gasteiger partial charge in [0.2, 0.25) is 0 Å². The van der Waals surface area contributed by atoms with E-state index in [9.17, 15) is 9.90 Å². The summed E-state index contributed by atoms with van der Waals surface area (Å²) < 4.78 is 0. The van der Waals surface area contributed by atoms with Gasteiger partial charge in [0, 0.05) is 18.1 Å². The molecule has 4 heteroatoms. The highest BCUT2D eigenvalue weighted by molar-refractivity contribution is 5.78. The summed E-state index contributed by atoms with van der Waals surface area (Å²) in [5, 5.41) is 12.8. The average molecular weight is 254 g/mol. The van der Waals surface area contributed by atoms with Crippen molar-refractivity contribution >= 4 is 5.97 Å². The Morgan fingerprint density at radius 3 is 2.44 bits per heavy atom. The highest BCUT2D eigenvalue weighted by Crippen LogP contribution is 2.29. The van der Waals surface area contributed by atoms with Crippen LogP contribution in [0.3, 0.4) is 0 Å². The monoisotopic (exact) mass is 254 g/mol. The third-order valence-electron chi connectivity index (χ3n) is 4.62. The largest absolute Gasteiger partial charge is 0.480 e. The second kappa shape index (κ2) is 5.17. The smallest absolute Gasteiger partial charge is 0.323 e. The number of rotatable bonds is 7. The summed E-state index contributed by atoms with van der Waals surface area (Å²) in [5.74, 6) is -0.719. The van der Waals surface area contributed by atoms with Gasteiger partial charge in [-0.1, -0.05) is 6.42 Å². The second-order valence-corrected chi connectivity index (χ2v) is 6.36. The van der Waals surface area contributed by atoms with Crippen LogP contribution >= 0.6 is 0 Å². The number of aliphatic carboxylic acids is 1. The van der Waals surface area contributed by atoms with Crippen molar-refractivity contribution in [3.63, 3.8) is 0 Å². The van der Waals surface area contributed by atoms with Gasteiger partial charge in [-0.15, -0.1) is 0 Å². The molecule has 2 aliphatic rings. The Kier molecular flexibility index (Phi) is 3.97. The van der Waals surface area contributed by atoms with Crippen molar-refractivity contribution in [3.05, 3.63) is 0 Å². The Hall–Kier alpha value is -0.610. The van der Waals surface area contributed by atoms with Gasteiger partial charge in [0.25, 0.3) is 0 Å². The third-order valence-corrected chi connectivity index (χ3v) is 4.62. The quantitative estimate of drug-likeness (QED) is 0.728. The van der Waals surface area contributed by atoms with E-state index in [0.29, 0.717) is 24.5 Å². The zero-order valence-electron chi connectivity index (χ0n) is 11.8. The van der Waals surface area contributed by atoms with Crippen molar-refractivity contribution in [1.82, 2.24) is 10.2 Å². The van der Waals surface area contributed by atoms with Gasteiger partial charge < -0.3 is 10.0 Å². The van der Waals surface area contributed by atoms with E-state index in [2.05, 4.69) is 24.2 Å². The van der Waals surface area contributed by atoms with E-state index in [-0.39, 0.29) is 0 Å². The third kappa shape index (κ3) is 3.04. The minimum atomic E-state index is -0.779. The molecule has 0 amide bonds. The normalized spacial score (nSPS) is 25.6. The Labute approximate surface area is 110 Å². The van der Waals surface area contributed by atoms with Gasteiger partial charge in [0.15, 0.2) is 0 Å². The van der Waals surface area contributed by atoms with E-state index in [1.165, 1.54) is 19.3 Å². The molecule has 18 heavy (non-hydrogen) atoms. The number of carboxylic acid groups (broad SMARTS) is 1. The number of nitrogens with zero attached hydrogens (tertiary/aromatic N) is 1. The van der Waals surface area contributed by atoms with Crippen LogP contribution in [0.5, 0.6) is 0 Å². The van der Waals surface area contributed by atoms with E-state index in [4.69, 9.17) is 0 Å². The van der Waals surface area contributed by atoms with E-state index in [1.807, 2.05) is 6.92 Å². The fraction of sp³-hybridized carbons (Fsp3) is 0.929. The van der Waals surface area contributed by atoms with Crippen LogP contribution < -0.4 is 5.32 Å². The summed E-state index contributed by atoms with van der Waals surface area (Å²) in [6.45, 7) is 3.98. The van der Waals surface area contributed by atoms with Gasteiger partial charge in [-0.25, -0.2) is 0 Å². The van der Waals surface area contributed by atoms with Crippen LogP contribution in [0.1, 0.15) is 52.4 Å². The second-order valence-electron chi connectivity index (χ2n) is 6.36. The maximum Gasteiger partial charge on any atom is 0.323 e. The molecule has 0 aromatic rings. The van der Waals surface area contributed by atoms with Gasteiger partial charge in [0.05, 0.1) is 0 Å². The van der Waals surface area contributed by atoms with Crippen molar-refractivity contribution in [2.45, 2.75) is 76.0 Å². The average Bonchev–Trinajstić information content (AvgIpc) is 2.98. The molecule has 2 unspecified atom stereocenters. The van der Waals surface area contributed by atoms with Gasteiger partial charge in [-0.3, -0.25) is 10.1 Å². The SMILES string of the molecule is CC(CC(C)(NC1CC1)C(=O)O)N(C)C1CCC1. The predicted molar refractivity (Wildman–Crippen MR) is 71.7 cm³/mol. The Morgan fingerprint density at radius 1 is 1.44 bits per heavy atom. The van der Waals surface area contributed by atoms with Crippen LogP contribution in [-0.4, -0.2) is 46.7 Å². The summed E-state index contributed by atoms with van der Waals surface area (Å²) in [6, 6.07) is 1.40. The van der Waals surface area contributed by atoms with Crippen molar-refractivity contribution in [1.29, 1.82) is 0 Å². The summed E-state index contributed by atoms with van der Waals surface area (Å²) >= 11 is 0. The van der Waals surface area contributed by atoms with Gasteiger partial charge >= 0.3 is 5.97 Å². The molecule has 0 aromatic carbocycles. The lowest BCUT2D eigenvalue weighted by atomic mass is 9.87. The fourth-order valence-electron chi connectivity index (χ4n) is 2.77. The van der Waals surface area contributed by atoms with E-state index < -0.39 is 11.5 Å². The summed E-state index contributed by atoms with van der Waals surface area (Å²) in [6.07, 6.45) is 6.76. The van der Waals surface area contributed by atoms with Crippen LogP contribution in [-0.2, 0) is 4.79 Å². The number of carboxylic acids is 1. The highest BCUT2D eigenvalue weighted by atomic mass is 16.4. The molecule has 0 heterocycles. The molecule has 0 aliphatic heterocycles. The highest BCUT2D eigenvalue weighted by Gasteiger charge is 2.40. The number of carbonyl (C=O) groups is 1. The van der Waals surface area contributed by atoms with Crippen LogP contribution in [0.25, 0.3) is 0 Å². The predicted octanol–water partition coefficient (Wildman–Crippen LogP) is 1.84. The molecule has 0 bridgehead atoms. The van der Waals surface area contributed by atoms with Crippen molar-refractivity contribution < 1.29 is 9.90 Å². The first-order valence-electron chi connectivity index (χ1n) is 7.15. The van der Waals surface area contributed by atoms with E-state index in [0.717, 1.165) is 12.8 Å².